The molecule has 0 heterocycles. The summed E-state index contributed by atoms with van der Waals surface area (Å²) < 4.78 is 13.4. The number of nitrogens with zero attached hydrogens (tertiary/aromatic N) is 4. The molecule has 0 bridgehead atoms. The summed E-state index contributed by atoms with van der Waals surface area (Å²) in [7, 11) is 3.70. The molecule has 0 aliphatic carbocycles. The normalized spacial score (nSPS) is 12.6. The third-order valence-corrected chi connectivity index (χ3v) is 2.79. The van der Waals surface area contributed by atoms with Crippen LogP contribution in [0.5, 0.6) is 0 Å². The standard InChI is InChI=1S/C12H14ClFN4S/c1-18(2)8-15-12(19-3)17-16-7-9-10(13)5-4-6-11(9)14/h4-8H,1-3H3. The summed E-state index contributed by atoms with van der Waals surface area (Å²) in [6.07, 6.45) is 4.72. The summed E-state index contributed by atoms with van der Waals surface area (Å²) in [4.78, 5) is 5.87. The van der Waals surface area contributed by atoms with Crippen LogP contribution in [0.15, 0.2) is 33.4 Å². The van der Waals surface area contributed by atoms with E-state index in [9.17, 15) is 4.39 Å². The van der Waals surface area contributed by atoms with Gasteiger partial charge in [0.15, 0.2) is 0 Å². The lowest BCUT2D eigenvalue weighted by Crippen LogP contribution is -2.08. The van der Waals surface area contributed by atoms with Gasteiger partial charge in [-0.3, -0.25) is 0 Å². The Morgan fingerprint density at radius 1 is 1.42 bits per heavy atom. The van der Waals surface area contributed by atoms with E-state index >= 15 is 0 Å². The van der Waals surface area contributed by atoms with E-state index < -0.39 is 5.82 Å². The summed E-state index contributed by atoms with van der Waals surface area (Å²) >= 11 is 7.20. The van der Waals surface area contributed by atoms with Crippen molar-refractivity contribution in [2.75, 3.05) is 20.4 Å². The van der Waals surface area contributed by atoms with Crippen LogP contribution in [-0.4, -0.2) is 43.0 Å². The molecule has 0 fully saturated rings. The zero-order valence-corrected chi connectivity index (χ0v) is 12.4. The number of aliphatic imine (C=N–C) groups is 1. The largest absolute Gasteiger partial charge is 0.369 e. The molecule has 1 rings (SSSR count). The third kappa shape index (κ3) is 5.40. The van der Waals surface area contributed by atoms with Crippen molar-refractivity contribution < 1.29 is 4.39 Å². The number of thioether (sulfide) groups is 1. The molecule has 1 aromatic carbocycles. The highest BCUT2D eigenvalue weighted by Gasteiger charge is 2.03. The van der Waals surface area contributed by atoms with Gasteiger partial charge < -0.3 is 4.90 Å². The van der Waals surface area contributed by atoms with Crippen molar-refractivity contribution in [2.24, 2.45) is 15.2 Å². The summed E-state index contributed by atoms with van der Waals surface area (Å²) in [5, 5.41) is 8.45. The van der Waals surface area contributed by atoms with Gasteiger partial charge in [0.25, 0.3) is 0 Å². The van der Waals surface area contributed by atoms with E-state index in [1.165, 1.54) is 30.1 Å². The van der Waals surface area contributed by atoms with Gasteiger partial charge in [0.05, 0.1) is 17.6 Å². The molecule has 0 unspecified atom stereocenters. The molecule has 0 aromatic heterocycles. The van der Waals surface area contributed by atoms with Gasteiger partial charge in [-0.1, -0.05) is 29.4 Å². The maximum Gasteiger partial charge on any atom is 0.210 e. The molecule has 0 N–H and O–H groups in total. The van der Waals surface area contributed by atoms with Gasteiger partial charge in [0, 0.05) is 19.7 Å². The lowest BCUT2D eigenvalue weighted by molar-refractivity contribution is 0.626. The second kappa shape index (κ2) is 7.91. The molecule has 0 aliphatic rings. The first kappa shape index (κ1) is 15.7. The van der Waals surface area contributed by atoms with Crippen molar-refractivity contribution >= 4 is 41.1 Å². The van der Waals surface area contributed by atoms with Gasteiger partial charge in [-0.15, -0.1) is 5.10 Å². The zero-order chi connectivity index (χ0) is 14.3. The summed E-state index contributed by atoms with van der Waals surface area (Å²) in [5.41, 5.74) is 0.213. The van der Waals surface area contributed by atoms with E-state index in [1.54, 1.807) is 17.3 Å². The van der Waals surface area contributed by atoms with Gasteiger partial charge in [-0.2, -0.15) is 5.10 Å². The Labute approximate surface area is 121 Å². The average Bonchev–Trinajstić information content (AvgIpc) is 2.36. The average molecular weight is 301 g/mol. The van der Waals surface area contributed by atoms with Gasteiger partial charge >= 0.3 is 0 Å². The Morgan fingerprint density at radius 2 is 2.16 bits per heavy atom. The highest BCUT2D eigenvalue weighted by molar-refractivity contribution is 8.13. The van der Waals surface area contributed by atoms with E-state index in [0.717, 1.165) is 0 Å². The van der Waals surface area contributed by atoms with Gasteiger partial charge in [0.2, 0.25) is 5.17 Å². The van der Waals surface area contributed by atoms with Crippen LogP contribution in [0.1, 0.15) is 5.56 Å². The fourth-order valence-electron chi connectivity index (χ4n) is 1.05. The molecule has 19 heavy (non-hydrogen) atoms. The van der Waals surface area contributed by atoms with Crippen LogP contribution in [0.25, 0.3) is 0 Å². The lowest BCUT2D eigenvalue weighted by atomic mass is 10.2. The van der Waals surface area contributed by atoms with Gasteiger partial charge in [0.1, 0.15) is 5.82 Å². The molecular formula is C12H14ClFN4S. The first-order valence-electron chi connectivity index (χ1n) is 5.34. The number of benzene rings is 1. The van der Waals surface area contributed by atoms with Crippen molar-refractivity contribution in [3.8, 4) is 0 Å². The molecular weight excluding hydrogens is 287 g/mol. The van der Waals surface area contributed by atoms with E-state index in [2.05, 4.69) is 15.2 Å². The van der Waals surface area contributed by atoms with Crippen LogP contribution in [-0.2, 0) is 0 Å². The van der Waals surface area contributed by atoms with Crippen LogP contribution < -0.4 is 0 Å². The van der Waals surface area contributed by atoms with Crippen molar-refractivity contribution in [3.63, 3.8) is 0 Å². The minimum atomic E-state index is -0.436. The SMILES string of the molecule is CSC(N=CN(C)C)=NN=Cc1c(F)cccc1Cl. The van der Waals surface area contributed by atoms with Gasteiger partial charge in [-0.25, -0.2) is 9.38 Å². The minimum Gasteiger partial charge on any atom is -0.369 e. The Morgan fingerprint density at radius 3 is 2.74 bits per heavy atom. The molecule has 0 radical (unpaired) electrons. The second-order valence-electron chi connectivity index (χ2n) is 3.67. The fourth-order valence-corrected chi connectivity index (χ4v) is 1.55. The minimum absolute atomic E-state index is 0.213. The maximum absolute atomic E-state index is 13.4. The van der Waals surface area contributed by atoms with Crippen molar-refractivity contribution in [1.29, 1.82) is 0 Å². The predicted octanol–water partition coefficient (Wildman–Crippen LogP) is 3.12. The molecule has 4 nitrogen and oxygen atoms in total. The van der Waals surface area contributed by atoms with Crippen LogP contribution in [0.3, 0.4) is 0 Å². The smallest absolute Gasteiger partial charge is 0.210 e. The molecule has 0 aliphatic heterocycles. The molecule has 1 aromatic rings. The Bertz CT molecular complexity index is 494. The van der Waals surface area contributed by atoms with E-state index in [-0.39, 0.29) is 5.56 Å². The number of hydrogen-bond donors (Lipinski definition) is 0. The monoisotopic (exact) mass is 300 g/mol. The van der Waals surface area contributed by atoms with Crippen molar-refractivity contribution in [3.05, 3.63) is 34.6 Å². The van der Waals surface area contributed by atoms with Crippen LogP contribution >= 0.6 is 23.4 Å². The van der Waals surface area contributed by atoms with Crippen LogP contribution in [0, 0.1) is 5.82 Å². The molecule has 0 spiro atoms. The van der Waals surface area contributed by atoms with E-state index in [0.29, 0.717) is 10.2 Å². The summed E-state index contributed by atoms with van der Waals surface area (Å²) in [5.74, 6) is -0.436. The molecule has 0 amide bonds. The Balaban J connectivity index is 2.86. The first-order chi connectivity index (χ1) is 9.04. The zero-order valence-electron chi connectivity index (χ0n) is 10.8. The quantitative estimate of drug-likeness (QED) is 0.489. The van der Waals surface area contributed by atoms with E-state index in [4.69, 9.17) is 11.6 Å². The van der Waals surface area contributed by atoms with Gasteiger partial charge in [-0.05, 0) is 18.4 Å². The number of halogens is 2. The second-order valence-corrected chi connectivity index (χ2v) is 4.86. The summed E-state index contributed by atoms with van der Waals surface area (Å²) in [6, 6.07) is 4.44. The Hall–Kier alpha value is -1.40. The number of amidine groups is 1. The molecule has 102 valence electrons. The summed E-state index contributed by atoms with van der Waals surface area (Å²) in [6.45, 7) is 0. The molecule has 7 heteroatoms. The highest BCUT2D eigenvalue weighted by Crippen LogP contribution is 2.16. The van der Waals surface area contributed by atoms with Crippen molar-refractivity contribution in [1.82, 2.24) is 4.90 Å². The van der Waals surface area contributed by atoms with Crippen LogP contribution in [0.2, 0.25) is 5.02 Å². The number of rotatable bonds is 3. The van der Waals surface area contributed by atoms with Crippen molar-refractivity contribution in [2.45, 2.75) is 0 Å². The fraction of sp³-hybridized carbons (Fsp3) is 0.250. The van der Waals surface area contributed by atoms with E-state index in [1.807, 2.05) is 20.4 Å². The topological polar surface area (TPSA) is 40.3 Å². The molecule has 0 atom stereocenters. The Kier molecular flexibility index (Phi) is 6.52. The molecule has 0 saturated heterocycles. The number of hydrogen-bond acceptors (Lipinski definition) is 3. The molecule has 0 saturated carbocycles. The lowest BCUT2D eigenvalue weighted by Gasteiger charge is -2.01. The van der Waals surface area contributed by atoms with Crippen LogP contribution in [0.4, 0.5) is 4.39 Å². The third-order valence-electron chi connectivity index (χ3n) is 1.91. The first-order valence-corrected chi connectivity index (χ1v) is 6.94. The predicted molar refractivity (Wildman–Crippen MR) is 82.1 cm³/mol. The maximum atomic E-state index is 13.4. The highest BCUT2D eigenvalue weighted by atomic mass is 35.5.